The molecule has 3 heterocycles. The summed E-state index contributed by atoms with van der Waals surface area (Å²) in [6, 6.07) is 4.80. The van der Waals surface area contributed by atoms with Gasteiger partial charge in [-0.05, 0) is 80.8 Å². The van der Waals surface area contributed by atoms with E-state index in [-0.39, 0.29) is 81.9 Å². The van der Waals surface area contributed by atoms with E-state index in [0.717, 1.165) is 42.7 Å². The van der Waals surface area contributed by atoms with Crippen LogP contribution in [0.1, 0.15) is 72.6 Å². The zero-order valence-electron chi connectivity index (χ0n) is 44.3. The molecule has 0 saturated heterocycles. The molecule has 7 rings (SSSR count). The SMILES string of the molecule is COCCOCCOCCOCCOCC(=O)N(c1nn(CC(F)(F)F)c2c(-c3ccc(C#CC(C)(C)S(C)(=O)=O)nc3[C@H](Cc3cc(F)cc(F)c3)NC(=O)Cn3nc(C(F)(F)F)c4c3C(F)(F)[C@@H]3CC[C@H]43)ccc(Cl)c12)S(C)(=O)=O. The molecule has 448 valence electrons. The molecule has 31 heteroatoms. The first-order chi connectivity index (χ1) is 38.2. The van der Waals surface area contributed by atoms with Gasteiger partial charge in [0.1, 0.15) is 47.5 Å². The number of hydrogen-bond acceptors (Lipinski definition) is 14. The van der Waals surface area contributed by atoms with E-state index in [4.69, 9.17) is 35.3 Å². The van der Waals surface area contributed by atoms with Crippen LogP contribution in [0.2, 0.25) is 5.02 Å². The number of pyridine rings is 1. The third-order valence-electron chi connectivity index (χ3n) is 13.3. The van der Waals surface area contributed by atoms with Gasteiger partial charge in [0, 0.05) is 42.0 Å². The topological polar surface area (TPSA) is 212 Å². The fourth-order valence-electron chi connectivity index (χ4n) is 9.24. The van der Waals surface area contributed by atoms with Crippen molar-refractivity contribution in [2.75, 3.05) is 83.4 Å². The number of alkyl halides is 8. The number of rotatable bonds is 25. The first-order valence-corrected chi connectivity index (χ1v) is 29.0. The molecular weight excluding hydrogens is 1180 g/mol. The number of anilines is 1. The molecule has 3 atom stereocenters. The first-order valence-electron chi connectivity index (χ1n) is 24.9. The highest BCUT2D eigenvalue weighted by Gasteiger charge is 2.63. The first kappa shape index (κ1) is 63.6. The molecule has 5 aromatic rings. The smallest absolute Gasteiger partial charge is 0.382 e. The second-order valence-corrected chi connectivity index (χ2v) is 24.5. The van der Waals surface area contributed by atoms with Crippen LogP contribution in [-0.4, -0.2) is 143 Å². The molecule has 0 aliphatic heterocycles. The van der Waals surface area contributed by atoms with Crippen molar-refractivity contribution in [3.05, 3.63) is 93.0 Å². The average molecular weight is 1230 g/mol. The Morgan fingerprint density at radius 3 is 1.99 bits per heavy atom. The average Bonchev–Trinajstić information content (AvgIpc) is 2.24. The lowest BCUT2D eigenvalue weighted by atomic mass is 9.73. The van der Waals surface area contributed by atoms with Gasteiger partial charge < -0.3 is 29.0 Å². The number of amides is 2. The Balaban J connectivity index is 1.33. The fourth-order valence-corrected chi connectivity index (χ4v) is 10.6. The molecule has 18 nitrogen and oxygen atoms in total. The van der Waals surface area contributed by atoms with Gasteiger partial charge in [-0.3, -0.25) is 19.0 Å². The quantitative estimate of drug-likeness (QED) is 0.0337. The number of hydrogen-bond donors (Lipinski definition) is 1. The van der Waals surface area contributed by atoms with E-state index in [0.29, 0.717) is 32.1 Å². The summed E-state index contributed by atoms with van der Waals surface area (Å²) < 4.78 is 227. The Hall–Kier alpha value is -5.94. The van der Waals surface area contributed by atoms with E-state index >= 15 is 8.78 Å². The maximum atomic E-state index is 15.9. The van der Waals surface area contributed by atoms with E-state index in [9.17, 15) is 61.5 Å². The zero-order valence-corrected chi connectivity index (χ0v) is 46.7. The number of halogens is 11. The monoisotopic (exact) mass is 1230 g/mol. The van der Waals surface area contributed by atoms with Crippen molar-refractivity contribution in [2.24, 2.45) is 5.92 Å². The van der Waals surface area contributed by atoms with Crippen molar-refractivity contribution in [3.8, 4) is 23.0 Å². The third-order valence-corrected chi connectivity index (χ3v) is 16.6. The van der Waals surface area contributed by atoms with Crippen molar-refractivity contribution < 1.29 is 94.0 Å². The number of carbonyl (C=O) groups is 2. The molecule has 3 aromatic heterocycles. The molecule has 1 N–H and O–H groups in total. The number of ether oxygens (including phenoxy) is 5. The Morgan fingerprint density at radius 1 is 0.841 bits per heavy atom. The van der Waals surface area contributed by atoms with Crippen molar-refractivity contribution in [3.63, 3.8) is 0 Å². The Labute approximate surface area is 468 Å². The van der Waals surface area contributed by atoms with Crippen LogP contribution in [0.4, 0.5) is 49.7 Å². The van der Waals surface area contributed by atoms with Crippen LogP contribution < -0.4 is 9.62 Å². The van der Waals surface area contributed by atoms with Crippen molar-refractivity contribution in [1.29, 1.82) is 0 Å². The third kappa shape index (κ3) is 14.7. The fraction of sp³-hybridized carbons (Fsp3) is 0.510. The molecule has 1 saturated carbocycles. The molecule has 0 radical (unpaired) electrons. The summed E-state index contributed by atoms with van der Waals surface area (Å²) in [5.41, 5.74) is -5.89. The predicted octanol–water partition coefficient (Wildman–Crippen LogP) is 7.69. The molecule has 0 bridgehead atoms. The van der Waals surface area contributed by atoms with Gasteiger partial charge in [0.2, 0.25) is 15.9 Å². The van der Waals surface area contributed by atoms with Crippen LogP contribution in [-0.2, 0) is 84.7 Å². The van der Waals surface area contributed by atoms with Crippen LogP contribution in [0.15, 0.2) is 42.5 Å². The predicted molar refractivity (Wildman–Crippen MR) is 275 cm³/mol. The minimum Gasteiger partial charge on any atom is -0.382 e. The van der Waals surface area contributed by atoms with Crippen LogP contribution in [0.5, 0.6) is 0 Å². The normalized spacial score (nSPS) is 16.5. The highest BCUT2D eigenvalue weighted by Crippen LogP contribution is 2.64. The number of benzene rings is 2. The summed E-state index contributed by atoms with van der Waals surface area (Å²) in [4.78, 5) is 32.8. The van der Waals surface area contributed by atoms with Gasteiger partial charge >= 0.3 is 12.4 Å². The van der Waals surface area contributed by atoms with Crippen LogP contribution in [0, 0.1) is 29.4 Å². The summed E-state index contributed by atoms with van der Waals surface area (Å²) >= 11 is 6.70. The van der Waals surface area contributed by atoms with E-state index in [1.165, 1.54) is 21.0 Å². The molecule has 0 spiro atoms. The van der Waals surface area contributed by atoms with Gasteiger partial charge in [0.15, 0.2) is 21.3 Å². The standard InChI is InChI=1S/C51H54ClF10N7O11S2/c1-48(2,81(4,72)73)13-12-32-6-7-33(43(63-32)38(24-29-22-30(53)25-31(54)23-29)64-39(70)26-67-46-41(45(65-67)51(60,61)62)35-8-10-36(35)50(46,58)59)34-9-11-37(52)42-44(34)68(28-49(55,56)57)66-47(42)69(82(5,74)75)40(71)27-80-21-20-79-19-18-78-17-16-77-15-14-76-3/h6-7,9,11,22-23,25,35-36,38H,8,10,14-21,24,26-28H2,1-5H3,(H,64,70)/t35-,36+,38-/m0/s1. The highest BCUT2D eigenvalue weighted by atomic mass is 35.5. The van der Waals surface area contributed by atoms with Gasteiger partial charge in [-0.2, -0.15) is 49.6 Å². The highest BCUT2D eigenvalue weighted by molar-refractivity contribution is 7.93. The van der Waals surface area contributed by atoms with E-state index < -0.39 is 155 Å². The van der Waals surface area contributed by atoms with Gasteiger partial charge in [-0.1, -0.05) is 23.6 Å². The molecule has 2 aliphatic rings. The summed E-state index contributed by atoms with van der Waals surface area (Å²) in [5.74, 6) is -7.43. The second-order valence-electron chi connectivity index (χ2n) is 19.7. The summed E-state index contributed by atoms with van der Waals surface area (Å²) in [6.45, 7) is -0.655. The van der Waals surface area contributed by atoms with Crippen molar-refractivity contribution >= 4 is 60.0 Å². The number of sulfonamides is 1. The number of sulfone groups is 1. The number of carbonyl (C=O) groups excluding carboxylic acids is 2. The Bertz CT molecular complexity index is 3470. The molecule has 2 aromatic carbocycles. The Morgan fingerprint density at radius 2 is 1.44 bits per heavy atom. The molecule has 0 unspecified atom stereocenters. The minimum absolute atomic E-state index is 0.0185. The van der Waals surface area contributed by atoms with Crippen LogP contribution in [0.3, 0.4) is 0 Å². The summed E-state index contributed by atoms with van der Waals surface area (Å²) in [6.07, 6.45) is -9.83. The summed E-state index contributed by atoms with van der Waals surface area (Å²) in [5, 5.41) is 8.79. The van der Waals surface area contributed by atoms with Crippen LogP contribution >= 0.6 is 11.6 Å². The number of fused-ring (bicyclic) bond motifs is 4. The maximum Gasteiger partial charge on any atom is 0.435 e. The van der Waals surface area contributed by atoms with Gasteiger partial charge in [0.25, 0.3) is 11.8 Å². The van der Waals surface area contributed by atoms with Crippen molar-refractivity contribution in [2.45, 2.75) is 81.2 Å². The largest absolute Gasteiger partial charge is 0.435 e. The lowest BCUT2D eigenvalue weighted by molar-refractivity contribution is -0.144. The Kier molecular flexibility index (Phi) is 19.5. The zero-order chi connectivity index (χ0) is 60.3. The van der Waals surface area contributed by atoms with Gasteiger partial charge in [-0.25, -0.2) is 30.6 Å². The second kappa shape index (κ2) is 25.1. The number of nitrogens with one attached hydrogen (secondary N) is 1. The molecule has 2 aliphatic carbocycles. The number of nitrogens with zero attached hydrogens (tertiary/aromatic N) is 6. The minimum atomic E-state index is -5.24. The molecule has 2 amide bonds. The van der Waals surface area contributed by atoms with E-state index in [1.807, 2.05) is 0 Å². The summed E-state index contributed by atoms with van der Waals surface area (Å²) in [7, 11) is -7.23. The van der Waals surface area contributed by atoms with E-state index in [1.54, 1.807) is 0 Å². The van der Waals surface area contributed by atoms with Crippen molar-refractivity contribution in [1.82, 2.24) is 29.9 Å². The van der Waals surface area contributed by atoms with Crippen LogP contribution in [0.25, 0.3) is 22.0 Å². The molecule has 82 heavy (non-hydrogen) atoms. The molecular formula is C51H54ClF10N7O11S2. The maximum absolute atomic E-state index is 15.9. The number of methoxy groups -OCH3 is 1. The molecule has 1 fully saturated rings. The van der Waals surface area contributed by atoms with Gasteiger partial charge in [-0.15, -0.1) is 0 Å². The number of aromatic nitrogens is 5. The lowest BCUT2D eigenvalue weighted by Gasteiger charge is -2.34. The lowest BCUT2D eigenvalue weighted by Crippen LogP contribution is -2.39. The van der Waals surface area contributed by atoms with Gasteiger partial charge in [0.05, 0.1) is 86.8 Å². The van der Waals surface area contributed by atoms with E-state index in [2.05, 4.69) is 32.3 Å².